The summed E-state index contributed by atoms with van der Waals surface area (Å²) in [5, 5.41) is 6.54. The van der Waals surface area contributed by atoms with Crippen LogP contribution >= 0.6 is 0 Å². The molecule has 1 aliphatic heterocycles. The van der Waals surface area contributed by atoms with Crippen LogP contribution in [0.3, 0.4) is 0 Å². The third kappa shape index (κ3) is 5.56. The first kappa shape index (κ1) is 16.1. The van der Waals surface area contributed by atoms with Gasteiger partial charge in [-0.15, -0.1) is 6.42 Å². The fourth-order valence-electron chi connectivity index (χ4n) is 2.69. The maximum Gasteiger partial charge on any atom is 0.407 e. The maximum atomic E-state index is 11.7. The summed E-state index contributed by atoms with van der Waals surface area (Å²) in [4.78, 5) is 14.0. The summed E-state index contributed by atoms with van der Waals surface area (Å²) in [5.41, 5.74) is -0.439. The van der Waals surface area contributed by atoms with E-state index in [1.54, 1.807) is 0 Å². The molecule has 0 aromatic rings. The van der Waals surface area contributed by atoms with Gasteiger partial charge >= 0.3 is 6.09 Å². The lowest BCUT2D eigenvalue weighted by Crippen LogP contribution is -2.45. The van der Waals surface area contributed by atoms with Crippen LogP contribution in [-0.4, -0.2) is 54.4 Å². The molecule has 2 fully saturated rings. The molecule has 0 aromatic heterocycles. The molecule has 2 atom stereocenters. The predicted molar refractivity (Wildman–Crippen MR) is 83.0 cm³/mol. The van der Waals surface area contributed by atoms with Crippen LogP contribution in [0.2, 0.25) is 0 Å². The molecule has 21 heavy (non-hydrogen) atoms. The van der Waals surface area contributed by atoms with E-state index < -0.39 is 5.60 Å². The molecule has 0 aromatic carbocycles. The SMILES string of the molecule is C#CCN1CCC(NC2CC2NC(=O)OC(C)(C)C)CC1. The van der Waals surface area contributed by atoms with E-state index in [4.69, 9.17) is 11.2 Å². The molecule has 1 saturated carbocycles. The first-order valence-electron chi connectivity index (χ1n) is 7.79. The number of piperidine rings is 1. The summed E-state index contributed by atoms with van der Waals surface area (Å²) in [6, 6.07) is 1.14. The van der Waals surface area contributed by atoms with E-state index >= 15 is 0 Å². The van der Waals surface area contributed by atoms with Crippen LogP contribution in [0.1, 0.15) is 40.0 Å². The Labute approximate surface area is 127 Å². The summed E-state index contributed by atoms with van der Waals surface area (Å²) < 4.78 is 5.26. The molecule has 0 radical (unpaired) electrons. The molecular weight excluding hydrogens is 266 g/mol. The average molecular weight is 293 g/mol. The summed E-state index contributed by atoms with van der Waals surface area (Å²) in [6.07, 6.45) is 8.25. The number of hydrogen-bond acceptors (Lipinski definition) is 4. The first-order valence-corrected chi connectivity index (χ1v) is 7.79. The molecule has 1 heterocycles. The minimum Gasteiger partial charge on any atom is -0.444 e. The number of ether oxygens (including phenoxy) is 1. The summed E-state index contributed by atoms with van der Waals surface area (Å²) in [6.45, 7) is 8.48. The second-order valence-corrected chi connectivity index (χ2v) is 7.02. The molecule has 2 N–H and O–H groups in total. The van der Waals surface area contributed by atoms with Crippen molar-refractivity contribution in [3.8, 4) is 12.3 Å². The van der Waals surface area contributed by atoms with E-state index in [1.165, 1.54) is 0 Å². The summed E-state index contributed by atoms with van der Waals surface area (Å²) in [5.74, 6) is 2.70. The maximum absolute atomic E-state index is 11.7. The Hall–Kier alpha value is -1.25. The van der Waals surface area contributed by atoms with Gasteiger partial charge in [0.25, 0.3) is 0 Å². The number of nitrogens with zero attached hydrogens (tertiary/aromatic N) is 1. The van der Waals surface area contributed by atoms with Crippen LogP contribution in [0, 0.1) is 12.3 Å². The molecule has 5 heteroatoms. The molecule has 2 aliphatic rings. The highest BCUT2D eigenvalue weighted by Gasteiger charge is 2.40. The lowest BCUT2D eigenvalue weighted by atomic mass is 10.1. The van der Waals surface area contributed by atoms with Crippen molar-refractivity contribution in [2.45, 2.75) is 63.8 Å². The van der Waals surface area contributed by atoms with Gasteiger partial charge in [0.05, 0.1) is 6.54 Å². The van der Waals surface area contributed by atoms with Crippen LogP contribution < -0.4 is 10.6 Å². The van der Waals surface area contributed by atoms with Crippen molar-refractivity contribution in [1.82, 2.24) is 15.5 Å². The number of nitrogens with one attached hydrogen (secondary N) is 2. The standard InChI is InChI=1S/C16H27N3O2/c1-5-8-19-9-6-12(7-10-19)17-13-11-14(13)18-15(20)21-16(2,3)4/h1,12-14,17H,6-11H2,2-4H3,(H,18,20). The van der Waals surface area contributed by atoms with Crippen LogP contribution in [0.5, 0.6) is 0 Å². The molecule has 1 saturated heterocycles. The van der Waals surface area contributed by atoms with Crippen LogP contribution in [0.15, 0.2) is 0 Å². The number of terminal acetylenes is 1. The number of hydrogen-bond donors (Lipinski definition) is 2. The number of rotatable bonds is 4. The zero-order valence-corrected chi connectivity index (χ0v) is 13.3. The molecule has 2 unspecified atom stereocenters. The van der Waals surface area contributed by atoms with Gasteiger partial charge < -0.3 is 15.4 Å². The fourth-order valence-corrected chi connectivity index (χ4v) is 2.69. The Morgan fingerprint density at radius 3 is 2.57 bits per heavy atom. The smallest absolute Gasteiger partial charge is 0.407 e. The number of alkyl carbamates (subject to hydrolysis) is 1. The van der Waals surface area contributed by atoms with Gasteiger partial charge in [0, 0.05) is 31.2 Å². The second-order valence-electron chi connectivity index (χ2n) is 7.02. The highest BCUT2D eigenvalue weighted by Crippen LogP contribution is 2.24. The van der Waals surface area contributed by atoms with Crippen LogP contribution in [0.25, 0.3) is 0 Å². The minimum atomic E-state index is -0.439. The zero-order chi connectivity index (χ0) is 15.5. The van der Waals surface area contributed by atoms with Gasteiger partial charge in [-0.05, 0) is 40.0 Å². The van der Waals surface area contributed by atoms with Crippen molar-refractivity contribution in [2.75, 3.05) is 19.6 Å². The Morgan fingerprint density at radius 1 is 1.33 bits per heavy atom. The molecule has 1 aliphatic carbocycles. The van der Waals surface area contributed by atoms with Gasteiger partial charge in [0.15, 0.2) is 0 Å². The molecule has 2 rings (SSSR count). The van der Waals surface area contributed by atoms with Gasteiger partial charge in [-0.1, -0.05) is 5.92 Å². The lowest BCUT2D eigenvalue weighted by Gasteiger charge is -2.31. The lowest BCUT2D eigenvalue weighted by molar-refractivity contribution is 0.0521. The highest BCUT2D eigenvalue weighted by molar-refractivity contribution is 5.68. The van der Waals surface area contributed by atoms with Crippen molar-refractivity contribution in [1.29, 1.82) is 0 Å². The molecule has 0 bridgehead atoms. The number of amides is 1. The van der Waals surface area contributed by atoms with E-state index in [9.17, 15) is 4.79 Å². The van der Waals surface area contributed by atoms with E-state index in [1.807, 2.05) is 20.8 Å². The van der Waals surface area contributed by atoms with Crippen LogP contribution in [0.4, 0.5) is 4.79 Å². The topological polar surface area (TPSA) is 53.6 Å². The quantitative estimate of drug-likeness (QED) is 0.768. The average Bonchev–Trinajstić information content (AvgIpc) is 3.07. The summed E-state index contributed by atoms with van der Waals surface area (Å²) in [7, 11) is 0. The van der Waals surface area contributed by atoms with Gasteiger partial charge in [0.1, 0.15) is 5.60 Å². The molecule has 118 valence electrons. The molecule has 0 spiro atoms. The summed E-state index contributed by atoms with van der Waals surface area (Å²) >= 11 is 0. The van der Waals surface area contributed by atoms with Gasteiger partial charge in [0.2, 0.25) is 0 Å². The highest BCUT2D eigenvalue weighted by atomic mass is 16.6. The number of carbonyl (C=O) groups excluding carboxylic acids is 1. The van der Waals surface area contributed by atoms with Gasteiger partial charge in [-0.2, -0.15) is 0 Å². The number of carbonyl (C=O) groups is 1. The van der Waals surface area contributed by atoms with Crippen molar-refractivity contribution in [3.63, 3.8) is 0 Å². The van der Waals surface area contributed by atoms with Crippen molar-refractivity contribution in [2.24, 2.45) is 0 Å². The monoisotopic (exact) mass is 293 g/mol. The third-order valence-corrected chi connectivity index (χ3v) is 3.84. The first-order chi connectivity index (χ1) is 9.87. The van der Waals surface area contributed by atoms with E-state index in [0.29, 0.717) is 12.1 Å². The molecule has 5 nitrogen and oxygen atoms in total. The van der Waals surface area contributed by atoms with Crippen molar-refractivity contribution in [3.05, 3.63) is 0 Å². The van der Waals surface area contributed by atoms with Crippen molar-refractivity contribution < 1.29 is 9.53 Å². The van der Waals surface area contributed by atoms with E-state index in [-0.39, 0.29) is 12.1 Å². The Bertz CT molecular complexity index is 403. The molecule has 1 amide bonds. The number of likely N-dealkylation sites (tertiary alicyclic amines) is 1. The predicted octanol–water partition coefficient (Wildman–Crippen LogP) is 1.34. The Morgan fingerprint density at radius 2 is 2.00 bits per heavy atom. The largest absolute Gasteiger partial charge is 0.444 e. The van der Waals surface area contributed by atoms with Gasteiger partial charge in [-0.25, -0.2) is 4.79 Å². The van der Waals surface area contributed by atoms with E-state index in [0.717, 1.165) is 38.9 Å². The fraction of sp³-hybridized carbons (Fsp3) is 0.812. The Kier molecular flexibility index (Phi) is 5.13. The zero-order valence-electron chi connectivity index (χ0n) is 13.3. The third-order valence-electron chi connectivity index (χ3n) is 3.84. The normalized spacial score (nSPS) is 27.0. The van der Waals surface area contributed by atoms with Crippen LogP contribution in [-0.2, 0) is 4.74 Å². The Balaban J connectivity index is 1.62. The van der Waals surface area contributed by atoms with Crippen molar-refractivity contribution >= 4 is 6.09 Å². The van der Waals surface area contributed by atoms with Gasteiger partial charge in [-0.3, -0.25) is 4.90 Å². The molecular formula is C16H27N3O2. The second kappa shape index (κ2) is 6.67. The minimum absolute atomic E-state index is 0.212. The van der Waals surface area contributed by atoms with E-state index in [2.05, 4.69) is 21.5 Å².